The Labute approximate surface area is 185 Å². The van der Waals surface area contributed by atoms with Gasteiger partial charge in [0.15, 0.2) is 0 Å². The molecule has 9 heteroatoms. The summed E-state index contributed by atoms with van der Waals surface area (Å²) in [6, 6.07) is 15.4. The average Bonchev–Trinajstić information content (AvgIpc) is 3.10. The molecule has 162 valence electrons. The van der Waals surface area contributed by atoms with Gasteiger partial charge in [-0.15, -0.1) is 0 Å². The van der Waals surface area contributed by atoms with Gasteiger partial charge in [0.1, 0.15) is 5.82 Å². The summed E-state index contributed by atoms with van der Waals surface area (Å²) in [5.74, 6) is 0.620. The quantitative estimate of drug-likeness (QED) is 0.244. The zero-order valence-corrected chi connectivity index (χ0v) is 17.9. The van der Waals surface area contributed by atoms with Crippen LogP contribution < -0.4 is 15.7 Å². The highest BCUT2D eigenvalue weighted by Crippen LogP contribution is 2.27. The number of amides is 1. The molecule has 1 amide bonds. The molecule has 0 aliphatic heterocycles. The Morgan fingerprint density at radius 3 is 2.69 bits per heavy atom. The first-order valence-corrected chi connectivity index (χ1v) is 9.94. The van der Waals surface area contributed by atoms with Crippen molar-refractivity contribution in [3.8, 4) is 0 Å². The third-order valence-corrected chi connectivity index (χ3v) is 5.19. The zero-order valence-electron chi connectivity index (χ0n) is 17.9. The molecule has 0 bridgehead atoms. The first-order chi connectivity index (χ1) is 15.4. The van der Waals surface area contributed by atoms with E-state index in [1.165, 1.54) is 6.08 Å². The minimum atomic E-state index is -0.584. The number of rotatable bonds is 6. The van der Waals surface area contributed by atoms with Crippen LogP contribution in [-0.4, -0.2) is 37.9 Å². The van der Waals surface area contributed by atoms with E-state index in [1.807, 2.05) is 60.1 Å². The number of nitrogens with one attached hydrogen (secondary N) is 2. The van der Waals surface area contributed by atoms with E-state index in [9.17, 15) is 4.79 Å². The molecule has 0 aliphatic carbocycles. The summed E-state index contributed by atoms with van der Waals surface area (Å²) in [4.78, 5) is 22.0. The Kier molecular flexibility index (Phi) is 5.82. The maximum Gasteiger partial charge on any atom is 0.267 e. The first-order valence-electron chi connectivity index (χ1n) is 9.94. The van der Waals surface area contributed by atoms with E-state index in [1.54, 1.807) is 17.8 Å². The molecule has 0 saturated carbocycles. The molecule has 4 rings (SSSR count). The van der Waals surface area contributed by atoms with Gasteiger partial charge in [0.25, 0.3) is 5.91 Å². The van der Waals surface area contributed by atoms with Crippen LogP contribution in [0.2, 0.25) is 0 Å². The maximum atomic E-state index is 11.1. The summed E-state index contributed by atoms with van der Waals surface area (Å²) in [6.07, 6.45) is 4.55. The molecule has 32 heavy (non-hydrogen) atoms. The number of aromatic nitrogens is 4. The number of hydrogen-bond donors (Lipinski definition) is 3. The normalized spacial score (nSPS) is 11.1. The SMILES string of the molecule is Cc1c2ccc(N(C)c3ccnc(Nc4ccc(/C=C/C(=O)NO)cc4)n3)cc2nn1C. The average molecular weight is 429 g/mol. The van der Waals surface area contributed by atoms with E-state index >= 15 is 0 Å². The fraction of sp³-hybridized carbons (Fsp3) is 0.130. The van der Waals surface area contributed by atoms with Crippen molar-refractivity contribution in [2.75, 3.05) is 17.3 Å². The molecule has 0 unspecified atom stereocenters. The lowest BCUT2D eigenvalue weighted by Crippen LogP contribution is -2.14. The monoisotopic (exact) mass is 429 g/mol. The molecule has 0 spiro atoms. The van der Waals surface area contributed by atoms with Crippen molar-refractivity contribution < 1.29 is 10.0 Å². The highest BCUT2D eigenvalue weighted by molar-refractivity contribution is 5.90. The standard InChI is InChI=1S/C23H23N7O2/c1-15-19-10-9-18(14-20(19)27-30(15)3)29(2)21-12-13-24-23(26-21)25-17-7-4-16(5-8-17)6-11-22(31)28-32/h4-14,32H,1-3H3,(H,28,31)(H,24,25,26)/b11-6+. The molecular formula is C23H23N7O2. The molecule has 2 heterocycles. The molecule has 4 aromatic rings. The second-order valence-corrected chi connectivity index (χ2v) is 7.26. The number of carbonyl (C=O) groups excluding carboxylic acids is 1. The van der Waals surface area contributed by atoms with Gasteiger partial charge in [-0.3, -0.25) is 14.7 Å². The van der Waals surface area contributed by atoms with E-state index in [-0.39, 0.29) is 0 Å². The molecular weight excluding hydrogens is 406 g/mol. The molecule has 0 radical (unpaired) electrons. The molecule has 0 fully saturated rings. The molecule has 0 aliphatic rings. The minimum Gasteiger partial charge on any atom is -0.329 e. The van der Waals surface area contributed by atoms with Gasteiger partial charge in [-0.25, -0.2) is 10.5 Å². The van der Waals surface area contributed by atoms with Crippen molar-refractivity contribution in [2.45, 2.75) is 6.92 Å². The Balaban J connectivity index is 1.51. The Bertz CT molecular complexity index is 1300. The second-order valence-electron chi connectivity index (χ2n) is 7.26. The van der Waals surface area contributed by atoms with E-state index in [0.717, 1.165) is 39.4 Å². The third kappa shape index (κ3) is 4.42. The van der Waals surface area contributed by atoms with Crippen LogP contribution >= 0.6 is 0 Å². The summed E-state index contributed by atoms with van der Waals surface area (Å²) in [7, 11) is 3.89. The smallest absolute Gasteiger partial charge is 0.267 e. The largest absolute Gasteiger partial charge is 0.329 e. The highest BCUT2D eigenvalue weighted by atomic mass is 16.5. The van der Waals surface area contributed by atoms with Crippen LogP contribution in [0.25, 0.3) is 17.0 Å². The van der Waals surface area contributed by atoms with Crippen LogP contribution in [0, 0.1) is 6.92 Å². The number of hydrogen-bond acceptors (Lipinski definition) is 7. The number of aryl methyl sites for hydroxylation is 2. The van der Waals surface area contributed by atoms with Crippen LogP contribution in [0.5, 0.6) is 0 Å². The molecule has 9 nitrogen and oxygen atoms in total. The first kappa shape index (κ1) is 21.0. The summed E-state index contributed by atoms with van der Waals surface area (Å²) in [6.45, 7) is 2.05. The number of carbonyl (C=O) groups is 1. The number of nitrogens with zero attached hydrogens (tertiary/aromatic N) is 5. The number of benzene rings is 2. The number of fused-ring (bicyclic) bond motifs is 1. The fourth-order valence-corrected chi connectivity index (χ4v) is 3.27. The predicted octanol–water partition coefficient (Wildman–Crippen LogP) is 3.70. The summed E-state index contributed by atoms with van der Waals surface area (Å²) in [5.41, 5.74) is 6.21. The third-order valence-electron chi connectivity index (χ3n) is 5.19. The molecule has 2 aromatic heterocycles. The predicted molar refractivity (Wildman–Crippen MR) is 124 cm³/mol. The molecule has 0 atom stereocenters. The van der Waals surface area contributed by atoms with E-state index in [2.05, 4.69) is 39.4 Å². The molecule has 0 saturated heterocycles. The van der Waals surface area contributed by atoms with Crippen molar-refractivity contribution >= 4 is 46.0 Å². The van der Waals surface area contributed by atoms with Gasteiger partial charge in [0.2, 0.25) is 5.95 Å². The van der Waals surface area contributed by atoms with Crippen molar-refractivity contribution in [3.05, 3.63) is 72.1 Å². The summed E-state index contributed by atoms with van der Waals surface area (Å²) < 4.78 is 1.88. The number of anilines is 4. The summed E-state index contributed by atoms with van der Waals surface area (Å²) in [5, 5.41) is 17.4. The van der Waals surface area contributed by atoms with Crippen molar-refractivity contribution in [3.63, 3.8) is 0 Å². The van der Waals surface area contributed by atoms with Crippen LogP contribution in [-0.2, 0) is 11.8 Å². The van der Waals surface area contributed by atoms with Gasteiger partial charge in [-0.05, 0) is 55.0 Å². The van der Waals surface area contributed by atoms with Gasteiger partial charge < -0.3 is 10.2 Å². The lowest BCUT2D eigenvalue weighted by molar-refractivity contribution is -0.124. The lowest BCUT2D eigenvalue weighted by atomic mass is 10.2. The van der Waals surface area contributed by atoms with E-state index in [0.29, 0.717) is 5.95 Å². The van der Waals surface area contributed by atoms with Crippen LogP contribution in [0.4, 0.5) is 23.1 Å². The van der Waals surface area contributed by atoms with Gasteiger partial charge >= 0.3 is 0 Å². The molecule has 3 N–H and O–H groups in total. The topological polar surface area (TPSA) is 108 Å². The van der Waals surface area contributed by atoms with Crippen molar-refractivity contribution in [2.24, 2.45) is 7.05 Å². The van der Waals surface area contributed by atoms with E-state index in [4.69, 9.17) is 5.21 Å². The zero-order chi connectivity index (χ0) is 22.7. The highest BCUT2D eigenvalue weighted by Gasteiger charge is 2.11. The Morgan fingerprint density at radius 1 is 1.16 bits per heavy atom. The lowest BCUT2D eigenvalue weighted by Gasteiger charge is -2.19. The summed E-state index contributed by atoms with van der Waals surface area (Å²) >= 11 is 0. The van der Waals surface area contributed by atoms with Gasteiger partial charge in [0.05, 0.1) is 5.52 Å². The fourth-order valence-electron chi connectivity index (χ4n) is 3.27. The van der Waals surface area contributed by atoms with Crippen LogP contribution in [0.15, 0.2) is 60.8 Å². The van der Waals surface area contributed by atoms with Crippen molar-refractivity contribution in [1.82, 2.24) is 25.2 Å². The number of hydroxylamine groups is 1. The van der Waals surface area contributed by atoms with Crippen molar-refractivity contribution in [1.29, 1.82) is 0 Å². The van der Waals surface area contributed by atoms with Crippen LogP contribution in [0.3, 0.4) is 0 Å². The minimum absolute atomic E-state index is 0.465. The van der Waals surface area contributed by atoms with Gasteiger partial charge in [0, 0.05) is 48.8 Å². The molecule has 2 aromatic carbocycles. The Morgan fingerprint density at radius 2 is 1.94 bits per heavy atom. The second kappa shape index (κ2) is 8.86. The van der Waals surface area contributed by atoms with Gasteiger partial charge in [-0.1, -0.05) is 12.1 Å². The Hall–Kier alpha value is -4.24. The van der Waals surface area contributed by atoms with E-state index < -0.39 is 5.91 Å². The van der Waals surface area contributed by atoms with Crippen LogP contribution in [0.1, 0.15) is 11.3 Å². The van der Waals surface area contributed by atoms with Gasteiger partial charge in [-0.2, -0.15) is 10.1 Å². The maximum absolute atomic E-state index is 11.1.